The molecule has 0 unspecified atom stereocenters. The van der Waals surface area contributed by atoms with Crippen LogP contribution in [0.1, 0.15) is 15.9 Å². The Bertz CT molecular complexity index is 629. The van der Waals surface area contributed by atoms with Crippen LogP contribution >= 0.6 is 39.1 Å². The van der Waals surface area contributed by atoms with Crippen LogP contribution in [0.3, 0.4) is 0 Å². The number of hydrogen-bond acceptors (Lipinski definition) is 3. The standard InChI is InChI=1S/C12H8BrCl2N3O/c1-6-2-3-7(4-8(6)13)11(19)17-10-5-9(14)16-12(15)18-10/h2-5H,1H3,(H,16,17,18,19). The van der Waals surface area contributed by atoms with Gasteiger partial charge in [-0.2, -0.15) is 0 Å². The molecule has 1 heterocycles. The summed E-state index contributed by atoms with van der Waals surface area (Å²) in [5.74, 6) is -0.0433. The first kappa shape index (κ1) is 14.2. The molecule has 1 aromatic heterocycles. The molecule has 1 amide bonds. The minimum atomic E-state index is -0.300. The van der Waals surface area contributed by atoms with Gasteiger partial charge in [0.15, 0.2) is 0 Å². The average Bonchev–Trinajstić information content (AvgIpc) is 2.31. The zero-order valence-electron chi connectivity index (χ0n) is 9.75. The number of hydrogen-bond donors (Lipinski definition) is 1. The number of rotatable bonds is 2. The molecule has 4 nitrogen and oxygen atoms in total. The maximum absolute atomic E-state index is 12.0. The Kier molecular flexibility index (Phi) is 4.39. The predicted octanol–water partition coefficient (Wildman–Crippen LogP) is 4.11. The lowest BCUT2D eigenvalue weighted by Crippen LogP contribution is -2.13. The quantitative estimate of drug-likeness (QED) is 0.647. The number of aromatic nitrogens is 2. The maximum Gasteiger partial charge on any atom is 0.256 e. The van der Waals surface area contributed by atoms with Crippen molar-refractivity contribution < 1.29 is 4.79 Å². The lowest BCUT2D eigenvalue weighted by molar-refractivity contribution is 0.102. The van der Waals surface area contributed by atoms with Crippen LogP contribution < -0.4 is 5.32 Å². The molecule has 0 bridgehead atoms. The largest absolute Gasteiger partial charge is 0.306 e. The molecule has 0 radical (unpaired) electrons. The van der Waals surface area contributed by atoms with Crippen molar-refractivity contribution in [1.82, 2.24) is 9.97 Å². The molecule has 2 rings (SSSR count). The first-order valence-corrected chi connectivity index (χ1v) is 6.78. The second-order valence-electron chi connectivity index (χ2n) is 3.76. The van der Waals surface area contributed by atoms with Crippen molar-refractivity contribution in [2.45, 2.75) is 6.92 Å². The smallest absolute Gasteiger partial charge is 0.256 e. The number of carbonyl (C=O) groups is 1. The van der Waals surface area contributed by atoms with Gasteiger partial charge < -0.3 is 5.32 Å². The predicted molar refractivity (Wildman–Crippen MR) is 78.9 cm³/mol. The monoisotopic (exact) mass is 359 g/mol. The van der Waals surface area contributed by atoms with Gasteiger partial charge in [-0.25, -0.2) is 9.97 Å². The van der Waals surface area contributed by atoms with Crippen LogP contribution in [0.5, 0.6) is 0 Å². The van der Waals surface area contributed by atoms with E-state index in [4.69, 9.17) is 23.2 Å². The molecule has 1 aromatic carbocycles. The first-order valence-electron chi connectivity index (χ1n) is 5.23. The second kappa shape index (κ2) is 5.86. The summed E-state index contributed by atoms with van der Waals surface area (Å²) >= 11 is 14.8. The summed E-state index contributed by atoms with van der Waals surface area (Å²) in [6.07, 6.45) is 0. The summed E-state index contributed by atoms with van der Waals surface area (Å²) < 4.78 is 0.860. The molecule has 0 aliphatic heterocycles. The van der Waals surface area contributed by atoms with Gasteiger partial charge >= 0.3 is 0 Å². The van der Waals surface area contributed by atoms with Crippen LogP contribution in [0.4, 0.5) is 5.82 Å². The van der Waals surface area contributed by atoms with Gasteiger partial charge in [-0.1, -0.05) is 33.6 Å². The van der Waals surface area contributed by atoms with Crippen molar-refractivity contribution in [1.29, 1.82) is 0 Å². The third-order valence-corrected chi connectivity index (χ3v) is 3.56. The van der Waals surface area contributed by atoms with E-state index < -0.39 is 0 Å². The fourth-order valence-electron chi connectivity index (χ4n) is 1.38. The van der Waals surface area contributed by atoms with Gasteiger partial charge in [-0.05, 0) is 36.2 Å². The Labute approximate surface area is 128 Å². The minimum Gasteiger partial charge on any atom is -0.306 e. The number of carbonyl (C=O) groups excluding carboxylic acids is 1. The summed E-state index contributed by atoms with van der Waals surface area (Å²) in [6.45, 7) is 1.94. The number of aryl methyl sites for hydroxylation is 1. The summed E-state index contributed by atoms with van der Waals surface area (Å²) in [7, 11) is 0. The van der Waals surface area contributed by atoms with Gasteiger partial charge in [-0.15, -0.1) is 0 Å². The van der Waals surface area contributed by atoms with Gasteiger partial charge in [-0.3, -0.25) is 4.79 Å². The van der Waals surface area contributed by atoms with E-state index in [1.807, 2.05) is 13.0 Å². The SMILES string of the molecule is Cc1ccc(C(=O)Nc2cc(Cl)nc(Cl)n2)cc1Br. The Balaban J connectivity index is 2.22. The summed E-state index contributed by atoms with van der Waals surface area (Å²) in [5.41, 5.74) is 1.55. The first-order chi connectivity index (χ1) is 8.95. The number of amides is 1. The van der Waals surface area contributed by atoms with Crippen LogP contribution in [-0.2, 0) is 0 Å². The van der Waals surface area contributed by atoms with Crippen molar-refractivity contribution in [3.63, 3.8) is 0 Å². The highest BCUT2D eigenvalue weighted by atomic mass is 79.9. The van der Waals surface area contributed by atoms with Crippen molar-refractivity contribution in [3.8, 4) is 0 Å². The lowest BCUT2D eigenvalue weighted by Gasteiger charge is -2.06. The normalized spacial score (nSPS) is 10.3. The highest BCUT2D eigenvalue weighted by Gasteiger charge is 2.09. The average molecular weight is 361 g/mol. The van der Waals surface area contributed by atoms with Crippen LogP contribution in [0.2, 0.25) is 10.4 Å². The Morgan fingerprint density at radius 3 is 2.63 bits per heavy atom. The molecule has 0 fully saturated rings. The lowest BCUT2D eigenvalue weighted by atomic mass is 10.1. The Morgan fingerprint density at radius 2 is 2.00 bits per heavy atom. The van der Waals surface area contributed by atoms with E-state index >= 15 is 0 Å². The summed E-state index contributed by atoms with van der Waals surface area (Å²) in [6, 6.07) is 6.72. The van der Waals surface area contributed by atoms with E-state index in [2.05, 4.69) is 31.2 Å². The van der Waals surface area contributed by atoms with Crippen molar-refractivity contribution >= 4 is 50.9 Å². The zero-order valence-corrected chi connectivity index (χ0v) is 12.8. The molecule has 7 heteroatoms. The summed E-state index contributed by atoms with van der Waals surface area (Å²) in [4.78, 5) is 19.6. The molecular formula is C12H8BrCl2N3O. The maximum atomic E-state index is 12.0. The van der Waals surface area contributed by atoms with Gasteiger partial charge in [0.1, 0.15) is 11.0 Å². The van der Waals surface area contributed by atoms with Crippen molar-refractivity contribution in [2.24, 2.45) is 0 Å². The van der Waals surface area contributed by atoms with Crippen LogP contribution in [0.25, 0.3) is 0 Å². The number of nitrogens with zero attached hydrogens (tertiary/aromatic N) is 2. The van der Waals surface area contributed by atoms with Gasteiger partial charge in [0.2, 0.25) is 5.28 Å². The fourth-order valence-corrected chi connectivity index (χ4v) is 2.16. The summed E-state index contributed by atoms with van der Waals surface area (Å²) in [5, 5.41) is 2.75. The van der Waals surface area contributed by atoms with Crippen molar-refractivity contribution in [2.75, 3.05) is 5.32 Å². The molecule has 0 atom stereocenters. The van der Waals surface area contributed by atoms with E-state index in [1.165, 1.54) is 6.07 Å². The number of benzene rings is 1. The molecule has 0 saturated heterocycles. The number of halogens is 3. The van der Waals surface area contributed by atoms with Crippen molar-refractivity contribution in [3.05, 3.63) is 50.3 Å². The Hall–Kier alpha value is -1.17. The fraction of sp³-hybridized carbons (Fsp3) is 0.0833. The van der Waals surface area contributed by atoms with Gasteiger partial charge in [0, 0.05) is 16.1 Å². The van der Waals surface area contributed by atoms with E-state index in [0.717, 1.165) is 10.0 Å². The zero-order chi connectivity index (χ0) is 14.0. The molecule has 2 aromatic rings. The molecule has 0 aliphatic rings. The topological polar surface area (TPSA) is 54.9 Å². The molecule has 0 saturated carbocycles. The van der Waals surface area contributed by atoms with E-state index in [-0.39, 0.29) is 22.2 Å². The van der Waals surface area contributed by atoms with E-state index in [1.54, 1.807) is 12.1 Å². The molecule has 98 valence electrons. The van der Waals surface area contributed by atoms with Gasteiger partial charge in [0.25, 0.3) is 5.91 Å². The highest BCUT2D eigenvalue weighted by Crippen LogP contribution is 2.19. The minimum absolute atomic E-state index is 0.0205. The Morgan fingerprint density at radius 1 is 1.26 bits per heavy atom. The van der Waals surface area contributed by atoms with Crippen LogP contribution in [-0.4, -0.2) is 15.9 Å². The number of anilines is 1. The molecule has 1 N–H and O–H groups in total. The van der Waals surface area contributed by atoms with Crippen LogP contribution in [0, 0.1) is 6.92 Å². The second-order valence-corrected chi connectivity index (χ2v) is 5.34. The molecule has 0 aliphatic carbocycles. The molecular weight excluding hydrogens is 353 g/mol. The highest BCUT2D eigenvalue weighted by molar-refractivity contribution is 9.10. The van der Waals surface area contributed by atoms with E-state index in [9.17, 15) is 4.79 Å². The third-order valence-electron chi connectivity index (χ3n) is 2.34. The van der Waals surface area contributed by atoms with Gasteiger partial charge in [0.05, 0.1) is 0 Å². The number of nitrogens with one attached hydrogen (secondary N) is 1. The third kappa shape index (κ3) is 3.65. The molecule has 0 spiro atoms. The van der Waals surface area contributed by atoms with Crippen LogP contribution in [0.15, 0.2) is 28.7 Å². The molecule has 19 heavy (non-hydrogen) atoms. The van der Waals surface area contributed by atoms with E-state index in [0.29, 0.717) is 5.56 Å².